The van der Waals surface area contributed by atoms with Crippen molar-refractivity contribution in [1.82, 2.24) is 26.3 Å². The Kier molecular flexibility index (Phi) is 11.1. The van der Waals surface area contributed by atoms with Crippen LogP contribution in [0, 0.1) is 5.41 Å². The predicted molar refractivity (Wildman–Crippen MR) is 185 cm³/mol. The molecular weight excluding hydrogens is 694 g/mol. The molecule has 2 fully saturated rings. The van der Waals surface area contributed by atoms with Crippen LogP contribution >= 0.6 is 15.9 Å². The monoisotopic (exact) mass is 737 g/mol. The highest BCUT2D eigenvalue weighted by molar-refractivity contribution is 9.10. The average molecular weight is 739 g/mol. The maximum atomic E-state index is 14.5. The molecule has 2 heterocycles. The Labute approximate surface area is 294 Å². The van der Waals surface area contributed by atoms with Crippen LogP contribution < -0.4 is 21.4 Å². The van der Waals surface area contributed by atoms with Gasteiger partial charge in [-0.2, -0.15) is 0 Å². The van der Waals surface area contributed by atoms with Gasteiger partial charge in [0, 0.05) is 22.5 Å². The molecular formula is C36H44BrN5O7. The fraction of sp³-hybridized carbons (Fsp3) is 0.472. The Morgan fingerprint density at radius 1 is 1.06 bits per heavy atom. The van der Waals surface area contributed by atoms with Gasteiger partial charge in [-0.3, -0.25) is 29.5 Å². The van der Waals surface area contributed by atoms with Crippen LogP contribution in [0.3, 0.4) is 0 Å². The molecule has 1 spiro atoms. The van der Waals surface area contributed by atoms with E-state index in [1.807, 2.05) is 67.6 Å². The van der Waals surface area contributed by atoms with Crippen LogP contribution in [0.4, 0.5) is 4.79 Å². The maximum Gasteiger partial charge on any atom is 0.408 e. The van der Waals surface area contributed by atoms with Gasteiger partial charge in [0.05, 0.1) is 18.3 Å². The van der Waals surface area contributed by atoms with Gasteiger partial charge in [-0.15, -0.1) is 0 Å². The van der Waals surface area contributed by atoms with E-state index in [4.69, 9.17) is 9.57 Å². The van der Waals surface area contributed by atoms with Crippen LogP contribution in [-0.4, -0.2) is 70.8 Å². The molecule has 2 aromatic carbocycles. The highest BCUT2D eigenvalue weighted by Crippen LogP contribution is 2.39. The van der Waals surface area contributed by atoms with Crippen molar-refractivity contribution < 1.29 is 33.5 Å². The third kappa shape index (κ3) is 9.07. The fourth-order valence-corrected chi connectivity index (χ4v) is 6.39. The Bertz CT molecular complexity index is 1610. The number of nitrogens with one attached hydrogen (secondary N) is 4. The van der Waals surface area contributed by atoms with Crippen molar-refractivity contribution in [3.8, 4) is 0 Å². The smallest absolute Gasteiger partial charge is 0.408 e. The van der Waals surface area contributed by atoms with Crippen LogP contribution in [0.25, 0.3) is 5.70 Å². The van der Waals surface area contributed by atoms with Gasteiger partial charge in [0.25, 0.3) is 5.91 Å². The summed E-state index contributed by atoms with van der Waals surface area (Å²) < 4.78 is 6.31. The van der Waals surface area contributed by atoms with Crippen molar-refractivity contribution in [2.75, 3.05) is 6.54 Å². The lowest BCUT2D eigenvalue weighted by Crippen LogP contribution is -2.59. The molecule has 4 N–H and O–H groups in total. The summed E-state index contributed by atoms with van der Waals surface area (Å²) in [5.74, 6) is -2.56. The third-order valence-electron chi connectivity index (χ3n) is 8.78. The number of hydrogen-bond donors (Lipinski definition) is 4. The van der Waals surface area contributed by atoms with Crippen molar-refractivity contribution in [3.63, 3.8) is 0 Å². The van der Waals surface area contributed by atoms with E-state index in [1.165, 1.54) is 4.90 Å². The quantitative estimate of drug-likeness (QED) is 0.237. The average Bonchev–Trinajstić information content (AvgIpc) is 3.66. The number of ketones is 1. The molecule has 5 rings (SSSR count). The first-order valence-corrected chi connectivity index (χ1v) is 17.4. The van der Waals surface area contributed by atoms with E-state index in [9.17, 15) is 24.0 Å². The summed E-state index contributed by atoms with van der Waals surface area (Å²) in [5.41, 5.74) is 3.38. The molecule has 1 aliphatic carbocycles. The number of rotatable bonds is 12. The SMILES string of the molecule is CCC[C@H](NC(=O)[C@@H]1C[C@]2(C=C(c3cccc(Br)c3)NO2)CN1C(=O)[C@@H](NC(=O)OCc1ccccc1)C(C)(C)C)C(=O)C(=O)NC1CC1. The molecule has 1 saturated heterocycles. The van der Waals surface area contributed by atoms with Crippen LogP contribution in [0.1, 0.15) is 70.9 Å². The van der Waals surface area contributed by atoms with Gasteiger partial charge in [0.1, 0.15) is 24.3 Å². The van der Waals surface area contributed by atoms with E-state index in [0.717, 1.165) is 28.4 Å². The lowest BCUT2D eigenvalue weighted by Gasteiger charge is -2.35. The molecule has 3 aliphatic rings. The first kappa shape index (κ1) is 36.1. The van der Waals surface area contributed by atoms with Crippen LogP contribution in [-0.2, 0) is 35.4 Å². The van der Waals surface area contributed by atoms with Gasteiger partial charge >= 0.3 is 6.09 Å². The predicted octanol–water partition coefficient (Wildman–Crippen LogP) is 4.14. The minimum Gasteiger partial charge on any atom is -0.445 e. The van der Waals surface area contributed by atoms with Crippen LogP contribution in [0.5, 0.6) is 0 Å². The van der Waals surface area contributed by atoms with Crippen LogP contribution in [0.15, 0.2) is 65.1 Å². The summed E-state index contributed by atoms with van der Waals surface area (Å²) in [6.45, 7) is 7.27. The Morgan fingerprint density at radius 2 is 1.80 bits per heavy atom. The van der Waals surface area contributed by atoms with E-state index in [2.05, 4.69) is 37.4 Å². The number of carbonyl (C=O) groups is 5. The molecule has 0 radical (unpaired) electrons. The lowest BCUT2D eigenvalue weighted by atomic mass is 9.85. The molecule has 2 aliphatic heterocycles. The number of hydroxylamine groups is 1. The number of amides is 4. The van der Waals surface area contributed by atoms with Gasteiger partial charge in [-0.1, -0.05) is 92.5 Å². The highest BCUT2D eigenvalue weighted by atomic mass is 79.9. The Balaban J connectivity index is 1.40. The zero-order valence-corrected chi connectivity index (χ0v) is 29.8. The first-order valence-electron chi connectivity index (χ1n) is 16.6. The molecule has 2 aromatic rings. The molecule has 4 atom stereocenters. The van der Waals surface area contributed by atoms with Gasteiger partial charge in [0.15, 0.2) is 0 Å². The summed E-state index contributed by atoms with van der Waals surface area (Å²) in [6.07, 6.45) is 3.56. The number of benzene rings is 2. The van der Waals surface area contributed by atoms with Crippen molar-refractivity contribution in [3.05, 3.63) is 76.3 Å². The molecule has 13 heteroatoms. The molecule has 0 aromatic heterocycles. The summed E-state index contributed by atoms with van der Waals surface area (Å²) in [6, 6.07) is 13.5. The van der Waals surface area contributed by atoms with Gasteiger partial charge in [0.2, 0.25) is 17.6 Å². The summed E-state index contributed by atoms with van der Waals surface area (Å²) in [4.78, 5) is 74.9. The molecule has 12 nitrogen and oxygen atoms in total. The first-order chi connectivity index (χ1) is 23.3. The van der Waals surface area contributed by atoms with Crippen molar-refractivity contribution in [2.45, 2.75) is 96.2 Å². The summed E-state index contributed by atoms with van der Waals surface area (Å²) in [7, 11) is 0. The number of alkyl carbamates (subject to hydrolysis) is 1. The standard InChI is InChI=1S/C36H44BrN5O7/c1-5-10-26(29(43)32(45)38-25-15-16-25)39-31(44)28-19-36(18-27(41-49-36)23-13-9-14-24(37)17-23)21-42(28)33(46)30(35(2,3)4)40-34(47)48-20-22-11-7-6-8-12-22/h6-9,11-14,17-18,25-26,28,30,41H,5,10,15-16,19-21H2,1-4H3,(H,38,45)(H,39,44)(H,40,47)/t26-,28-,30+,36+/m0/s1. The maximum absolute atomic E-state index is 14.5. The van der Waals surface area contributed by atoms with Crippen LogP contribution in [0.2, 0.25) is 0 Å². The largest absolute Gasteiger partial charge is 0.445 e. The molecule has 262 valence electrons. The van der Waals surface area contributed by atoms with E-state index in [0.29, 0.717) is 12.1 Å². The minimum absolute atomic E-state index is 0.0133. The van der Waals surface area contributed by atoms with Gasteiger partial charge in [-0.05, 0) is 48.4 Å². The second-order valence-corrected chi connectivity index (χ2v) is 14.9. The molecule has 0 unspecified atom stereocenters. The third-order valence-corrected chi connectivity index (χ3v) is 9.27. The Hall–Kier alpha value is -4.23. The molecule has 1 saturated carbocycles. The number of Topliss-reactive ketones (excluding diaryl/α,β-unsaturated/α-hetero) is 1. The zero-order valence-electron chi connectivity index (χ0n) is 28.2. The minimum atomic E-state index is -1.10. The van der Waals surface area contributed by atoms with E-state index in [-0.39, 0.29) is 32.0 Å². The van der Waals surface area contributed by atoms with Crippen molar-refractivity contribution >= 4 is 51.2 Å². The number of nitrogens with zero attached hydrogens (tertiary/aromatic N) is 1. The normalized spacial score (nSPS) is 21.3. The van der Waals surface area contributed by atoms with Gasteiger partial charge in [-0.25, -0.2) is 4.79 Å². The molecule has 0 bridgehead atoms. The van der Waals surface area contributed by atoms with Gasteiger partial charge < -0.3 is 25.6 Å². The number of ether oxygens (including phenoxy) is 1. The number of carbonyl (C=O) groups excluding carboxylic acids is 5. The summed E-state index contributed by atoms with van der Waals surface area (Å²) in [5, 5.41) is 8.21. The summed E-state index contributed by atoms with van der Waals surface area (Å²) >= 11 is 3.49. The van der Waals surface area contributed by atoms with E-state index >= 15 is 0 Å². The van der Waals surface area contributed by atoms with E-state index in [1.54, 1.807) is 20.8 Å². The topological polar surface area (TPSA) is 155 Å². The zero-order chi connectivity index (χ0) is 35.3. The fourth-order valence-electron chi connectivity index (χ4n) is 5.99. The number of hydrogen-bond acceptors (Lipinski definition) is 8. The van der Waals surface area contributed by atoms with Crippen molar-refractivity contribution in [1.29, 1.82) is 0 Å². The van der Waals surface area contributed by atoms with Crippen molar-refractivity contribution in [2.24, 2.45) is 5.41 Å². The highest BCUT2D eigenvalue weighted by Gasteiger charge is 2.54. The Morgan fingerprint density at radius 3 is 2.45 bits per heavy atom. The molecule has 49 heavy (non-hydrogen) atoms. The van der Waals surface area contributed by atoms with E-state index < -0.39 is 58.7 Å². The lowest BCUT2D eigenvalue weighted by molar-refractivity contribution is -0.144. The number of halogens is 1. The second-order valence-electron chi connectivity index (χ2n) is 14.0. The second kappa shape index (κ2) is 15.1. The number of likely N-dealkylation sites (tertiary alicyclic amines) is 1. The molecule has 4 amide bonds.